The van der Waals surface area contributed by atoms with Crippen molar-refractivity contribution in [3.63, 3.8) is 0 Å². The van der Waals surface area contributed by atoms with Gasteiger partial charge in [-0.05, 0) is 36.8 Å². The maximum Gasteiger partial charge on any atom is 0.227 e. The van der Waals surface area contributed by atoms with E-state index >= 15 is 0 Å². The molecule has 0 aliphatic carbocycles. The summed E-state index contributed by atoms with van der Waals surface area (Å²) in [5.41, 5.74) is 2.87. The van der Waals surface area contributed by atoms with Crippen molar-refractivity contribution in [1.82, 2.24) is 14.9 Å². The van der Waals surface area contributed by atoms with Crippen molar-refractivity contribution in [1.29, 1.82) is 0 Å². The molecule has 0 unspecified atom stereocenters. The maximum atomic E-state index is 13.8. The van der Waals surface area contributed by atoms with E-state index in [2.05, 4.69) is 10.3 Å². The summed E-state index contributed by atoms with van der Waals surface area (Å²) in [5, 5.41) is 2.88. The van der Waals surface area contributed by atoms with Crippen LogP contribution < -0.4 is 10.2 Å². The summed E-state index contributed by atoms with van der Waals surface area (Å²) in [6.07, 6.45) is 0.115. The van der Waals surface area contributed by atoms with Crippen LogP contribution in [0.5, 0.6) is 0 Å². The highest BCUT2D eigenvalue weighted by Crippen LogP contribution is 2.26. The number of hydrogen-bond donors (Lipinski definition) is 1. The summed E-state index contributed by atoms with van der Waals surface area (Å²) >= 11 is 0. The first-order valence-electron chi connectivity index (χ1n) is 9.18. The zero-order valence-corrected chi connectivity index (χ0v) is 15.8. The van der Waals surface area contributed by atoms with Gasteiger partial charge in [0.2, 0.25) is 11.8 Å². The van der Waals surface area contributed by atoms with E-state index in [1.54, 1.807) is 19.1 Å². The van der Waals surface area contributed by atoms with Crippen molar-refractivity contribution in [3.8, 4) is 0 Å². The number of rotatable bonds is 4. The fourth-order valence-electron chi connectivity index (χ4n) is 3.55. The van der Waals surface area contributed by atoms with E-state index in [4.69, 9.17) is 0 Å². The predicted octanol–water partition coefficient (Wildman–Crippen LogP) is 2.69. The number of imidazole rings is 1. The molecule has 2 aromatic carbocycles. The average molecular weight is 380 g/mol. The smallest absolute Gasteiger partial charge is 0.227 e. The van der Waals surface area contributed by atoms with E-state index in [1.807, 2.05) is 35.9 Å². The minimum Gasteiger partial charge on any atom is -0.349 e. The summed E-state index contributed by atoms with van der Waals surface area (Å²) in [4.78, 5) is 30.9. The van der Waals surface area contributed by atoms with Gasteiger partial charge in [0.05, 0.1) is 23.5 Å². The lowest BCUT2D eigenvalue weighted by Crippen LogP contribution is -2.33. The number of hydrogen-bond acceptors (Lipinski definition) is 3. The van der Waals surface area contributed by atoms with Gasteiger partial charge in [0.15, 0.2) is 0 Å². The quantitative estimate of drug-likeness (QED) is 0.757. The van der Waals surface area contributed by atoms with Gasteiger partial charge in [-0.25, -0.2) is 9.37 Å². The molecular formula is C21H21FN4O2. The zero-order valence-electron chi connectivity index (χ0n) is 15.8. The van der Waals surface area contributed by atoms with E-state index in [-0.39, 0.29) is 37.1 Å². The topological polar surface area (TPSA) is 67.2 Å². The molecule has 0 spiro atoms. The first kappa shape index (κ1) is 18.2. The third kappa shape index (κ3) is 3.24. The summed E-state index contributed by atoms with van der Waals surface area (Å²) < 4.78 is 15.8. The Hall–Kier alpha value is -3.22. The molecule has 2 heterocycles. The summed E-state index contributed by atoms with van der Waals surface area (Å²) in [6.45, 7) is 2.20. The largest absolute Gasteiger partial charge is 0.349 e. The Morgan fingerprint density at radius 1 is 1.29 bits per heavy atom. The highest BCUT2D eigenvalue weighted by Gasteiger charge is 2.35. The van der Waals surface area contributed by atoms with Crippen LogP contribution in [0.3, 0.4) is 0 Å². The van der Waals surface area contributed by atoms with Gasteiger partial charge >= 0.3 is 0 Å². The van der Waals surface area contributed by atoms with Gasteiger partial charge in [0.1, 0.15) is 11.6 Å². The molecule has 3 aromatic rings. The van der Waals surface area contributed by atoms with Crippen molar-refractivity contribution < 1.29 is 14.0 Å². The summed E-state index contributed by atoms with van der Waals surface area (Å²) in [6, 6.07) is 12.4. The zero-order chi connectivity index (χ0) is 19.8. The molecule has 1 fully saturated rings. The van der Waals surface area contributed by atoms with E-state index in [9.17, 15) is 14.0 Å². The number of anilines is 1. The number of carbonyl (C=O) groups is 2. The Labute approximate surface area is 162 Å². The number of nitrogens with zero attached hydrogens (tertiary/aromatic N) is 3. The number of carbonyl (C=O) groups excluding carboxylic acids is 2. The van der Waals surface area contributed by atoms with Gasteiger partial charge in [0.25, 0.3) is 0 Å². The molecule has 1 atom stereocenters. The lowest BCUT2D eigenvalue weighted by molar-refractivity contribution is -0.126. The number of fused-ring (bicyclic) bond motifs is 1. The molecule has 4 rings (SSSR count). The maximum absolute atomic E-state index is 13.8. The molecule has 144 valence electrons. The predicted molar refractivity (Wildman–Crippen MR) is 104 cm³/mol. The molecule has 7 heteroatoms. The Kier molecular flexibility index (Phi) is 4.58. The van der Waals surface area contributed by atoms with Crippen LogP contribution in [-0.4, -0.2) is 27.9 Å². The number of amides is 2. The Bertz CT molecular complexity index is 1080. The molecule has 0 bridgehead atoms. The fraction of sp³-hybridized carbons (Fsp3) is 0.286. The van der Waals surface area contributed by atoms with Crippen LogP contribution in [-0.2, 0) is 23.2 Å². The highest BCUT2D eigenvalue weighted by molar-refractivity contribution is 6.00. The van der Waals surface area contributed by atoms with Crippen LogP contribution in [0.2, 0.25) is 0 Å². The molecule has 1 aromatic heterocycles. The third-order valence-corrected chi connectivity index (χ3v) is 5.26. The Morgan fingerprint density at radius 3 is 2.82 bits per heavy atom. The van der Waals surface area contributed by atoms with Crippen LogP contribution in [0.1, 0.15) is 17.8 Å². The minimum absolute atomic E-state index is 0.115. The SMILES string of the molecule is Cc1ccc(N2C[C@@H](C(=O)NCc3nc4ccccc4n3C)CC2=O)cc1F. The van der Waals surface area contributed by atoms with Crippen LogP contribution >= 0.6 is 0 Å². The molecule has 1 aliphatic rings. The van der Waals surface area contributed by atoms with E-state index in [0.29, 0.717) is 11.3 Å². The fourth-order valence-corrected chi connectivity index (χ4v) is 3.55. The van der Waals surface area contributed by atoms with Gasteiger partial charge < -0.3 is 14.8 Å². The Morgan fingerprint density at radius 2 is 2.07 bits per heavy atom. The van der Waals surface area contributed by atoms with Crippen LogP contribution in [0.15, 0.2) is 42.5 Å². The second kappa shape index (κ2) is 7.07. The molecule has 0 radical (unpaired) electrons. The van der Waals surface area contributed by atoms with Gasteiger partial charge in [-0.3, -0.25) is 9.59 Å². The van der Waals surface area contributed by atoms with Crippen molar-refractivity contribution in [2.45, 2.75) is 19.9 Å². The molecule has 1 N–H and O–H groups in total. The van der Waals surface area contributed by atoms with E-state index in [1.165, 1.54) is 11.0 Å². The molecule has 1 aliphatic heterocycles. The van der Waals surface area contributed by atoms with E-state index in [0.717, 1.165) is 16.9 Å². The normalized spacial score (nSPS) is 16.8. The molecule has 1 saturated heterocycles. The summed E-state index contributed by atoms with van der Waals surface area (Å²) in [7, 11) is 1.91. The standard InChI is InChI=1S/C21H21FN4O2/c1-13-7-8-15(10-16(13)22)26-12-14(9-20(26)27)21(28)23-11-19-24-17-5-3-4-6-18(17)25(19)2/h3-8,10,14H,9,11-12H2,1-2H3,(H,23,28)/t14-/m0/s1. The Balaban J connectivity index is 1.43. The first-order chi connectivity index (χ1) is 13.4. The van der Waals surface area contributed by atoms with Crippen LogP contribution in [0.25, 0.3) is 11.0 Å². The van der Waals surface area contributed by atoms with Crippen molar-refractivity contribution in [2.24, 2.45) is 13.0 Å². The number of halogens is 1. The van der Waals surface area contributed by atoms with E-state index < -0.39 is 5.92 Å². The molecular weight excluding hydrogens is 359 g/mol. The minimum atomic E-state index is -0.466. The van der Waals surface area contributed by atoms with Gasteiger partial charge in [-0.2, -0.15) is 0 Å². The third-order valence-electron chi connectivity index (χ3n) is 5.26. The number of benzene rings is 2. The number of nitrogens with one attached hydrogen (secondary N) is 1. The monoisotopic (exact) mass is 380 g/mol. The second-order valence-electron chi connectivity index (χ2n) is 7.13. The van der Waals surface area contributed by atoms with Gasteiger partial charge in [0, 0.05) is 25.7 Å². The first-order valence-corrected chi connectivity index (χ1v) is 9.18. The lowest BCUT2D eigenvalue weighted by atomic mass is 10.1. The van der Waals surface area contributed by atoms with Crippen molar-refractivity contribution in [2.75, 3.05) is 11.4 Å². The molecule has 28 heavy (non-hydrogen) atoms. The van der Waals surface area contributed by atoms with Crippen LogP contribution in [0.4, 0.5) is 10.1 Å². The number of para-hydroxylation sites is 2. The van der Waals surface area contributed by atoms with Gasteiger partial charge in [-0.15, -0.1) is 0 Å². The highest BCUT2D eigenvalue weighted by atomic mass is 19.1. The molecule has 0 saturated carbocycles. The second-order valence-corrected chi connectivity index (χ2v) is 7.13. The molecule has 2 amide bonds. The van der Waals surface area contributed by atoms with Crippen molar-refractivity contribution in [3.05, 3.63) is 59.7 Å². The molecule has 6 nitrogen and oxygen atoms in total. The average Bonchev–Trinajstić information content (AvgIpc) is 3.23. The van der Waals surface area contributed by atoms with Crippen LogP contribution in [0, 0.1) is 18.7 Å². The lowest BCUT2D eigenvalue weighted by Gasteiger charge is -2.17. The van der Waals surface area contributed by atoms with Crippen molar-refractivity contribution >= 4 is 28.5 Å². The van der Waals surface area contributed by atoms with Gasteiger partial charge in [-0.1, -0.05) is 18.2 Å². The number of aromatic nitrogens is 2. The summed E-state index contributed by atoms with van der Waals surface area (Å²) in [5.74, 6) is -0.454. The number of aryl methyl sites for hydroxylation is 2.